The van der Waals surface area contributed by atoms with Crippen molar-refractivity contribution in [2.75, 3.05) is 19.8 Å². The number of phosphoric ester groups is 1. The van der Waals surface area contributed by atoms with Crippen molar-refractivity contribution in [3.05, 3.63) is 0 Å². The zero-order chi connectivity index (χ0) is 40.3. The van der Waals surface area contributed by atoms with Crippen molar-refractivity contribution >= 4 is 13.7 Å². The SMILES string of the molecule is CCCCCCCCCCCCCCCCCCCCCCCC(=O)NC(COP(=O)(O)OCCN)C(O)CCCCCCCCCCCCCCCCC. The van der Waals surface area contributed by atoms with E-state index >= 15 is 0 Å². The van der Waals surface area contributed by atoms with Crippen molar-refractivity contribution in [3.63, 3.8) is 0 Å². The van der Waals surface area contributed by atoms with Gasteiger partial charge in [0.1, 0.15) is 0 Å². The van der Waals surface area contributed by atoms with E-state index in [1.54, 1.807) is 0 Å². The number of phosphoric acid groups is 1. The van der Waals surface area contributed by atoms with Crippen LogP contribution in [0, 0.1) is 0 Å². The van der Waals surface area contributed by atoms with Gasteiger partial charge in [-0.3, -0.25) is 13.8 Å². The van der Waals surface area contributed by atoms with E-state index in [4.69, 9.17) is 14.8 Å². The first kappa shape index (κ1) is 54.5. The van der Waals surface area contributed by atoms with Gasteiger partial charge in [-0.1, -0.05) is 239 Å². The molecule has 0 aliphatic rings. The molecule has 0 bridgehead atoms. The highest BCUT2D eigenvalue weighted by molar-refractivity contribution is 7.47. The maximum atomic E-state index is 12.8. The van der Waals surface area contributed by atoms with Crippen molar-refractivity contribution < 1.29 is 28.4 Å². The summed E-state index contributed by atoms with van der Waals surface area (Å²) in [4.78, 5) is 22.8. The number of unbranched alkanes of at least 4 members (excludes halogenated alkanes) is 34. The third-order valence-electron chi connectivity index (χ3n) is 11.2. The average Bonchev–Trinajstić information content (AvgIpc) is 3.17. The summed E-state index contributed by atoms with van der Waals surface area (Å²) < 4.78 is 22.2. The lowest BCUT2D eigenvalue weighted by Gasteiger charge is -2.25. The second-order valence-electron chi connectivity index (χ2n) is 16.7. The van der Waals surface area contributed by atoms with E-state index in [0.29, 0.717) is 12.8 Å². The summed E-state index contributed by atoms with van der Waals surface area (Å²) in [6.45, 7) is 4.25. The van der Waals surface area contributed by atoms with Crippen LogP contribution in [-0.4, -0.2) is 47.8 Å². The zero-order valence-corrected chi connectivity index (χ0v) is 37.6. The van der Waals surface area contributed by atoms with Gasteiger partial charge in [-0.2, -0.15) is 0 Å². The van der Waals surface area contributed by atoms with E-state index < -0.39 is 20.0 Å². The van der Waals surface area contributed by atoms with E-state index in [9.17, 15) is 19.4 Å². The number of hydrogen-bond donors (Lipinski definition) is 4. The molecule has 0 aromatic carbocycles. The maximum absolute atomic E-state index is 12.8. The number of aliphatic hydroxyl groups is 1. The van der Waals surface area contributed by atoms with Gasteiger partial charge in [0, 0.05) is 13.0 Å². The van der Waals surface area contributed by atoms with Crippen molar-refractivity contribution in [1.82, 2.24) is 5.32 Å². The predicted octanol–water partition coefficient (Wildman–Crippen LogP) is 13.8. The molecule has 0 saturated carbocycles. The molecule has 5 N–H and O–H groups in total. The van der Waals surface area contributed by atoms with Crippen molar-refractivity contribution in [3.8, 4) is 0 Å². The van der Waals surface area contributed by atoms with Crippen LogP contribution >= 0.6 is 7.82 Å². The van der Waals surface area contributed by atoms with Gasteiger partial charge in [-0.05, 0) is 12.8 Å². The van der Waals surface area contributed by atoms with Gasteiger partial charge in [-0.25, -0.2) is 4.57 Å². The summed E-state index contributed by atoms with van der Waals surface area (Å²) in [6, 6.07) is -0.768. The Balaban J connectivity index is 4.02. The summed E-state index contributed by atoms with van der Waals surface area (Å²) in [7, 11) is -4.31. The van der Waals surface area contributed by atoms with Gasteiger partial charge < -0.3 is 21.1 Å². The Labute approximate surface area is 342 Å². The lowest BCUT2D eigenvalue weighted by Crippen LogP contribution is -2.46. The molecule has 1 amide bonds. The Morgan fingerprint density at radius 1 is 0.527 bits per heavy atom. The summed E-state index contributed by atoms with van der Waals surface area (Å²) in [5, 5.41) is 13.8. The molecular formula is C46H95N2O6P. The van der Waals surface area contributed by atoms with Crippen LogP contribution < -0.4 is 11.1 Å². The lowest BCUT2D eigenvalue weighted by molar-refractivity contribution is -0.123. The Morgan fingerprint density at radius 3 is 1.16 bits per heavy atom. The Morgan fingerprint density at radius 2 is 0.836 bits per heavy atom. The van der Waals surface area contributed by atoms with Gasteiger partial charge in [0.15, 0.2) is 0 Å². The minimum atomic E-state index is -4.31. The van der Waals surface area contributed by atoms with E-state index in [1.165, 1.54) is 193 Å². The number of amides is 1. The largest absolute Gasteiger partial charge is 0.472 e. The summed E-state index contributed by atoms with van der Waals surface area (Å²) >= 11 is 0. The third-order valence-corrected chi connectivity index (χ3v) is 12.2. The van der Waals surface area contributed by atoms with Crippen LogP contribution in [0.4, 0.5) is 0 Å². The van der Waals surface area contributed by atoms with Crippen LogP contribution in [0.3, 0.4) is 0 Å². The number of rotatable bonds is 46. The molecule has 8 nitrogen and oxygen atoms in total. The molecule has 0 aliphatic carbocycles. The number of hydrogen-bond acceptors (Lipinski definition) is 6. The first-order valence-electron chi connectivity index (χ1n) is 24.2. The molecule has 0 aromatic rings. The second kappa shape index (κ2) is 43.1. The van der Waals surface area contributed by atoms with Crippen LogP contribution in [0.15, 0.2) is 0 Å². The van der Waals surface area contributed by atoms with Crippen LogP contribution in [0.2, 0.25) is 0 Å². The zero-order valence-electron chi connectivity index (χ0n) is 36.7. The van der Waals surface area contributed by atoms with Crippen molar-refractivity contribution in [2.45, 2.75) is 270 Å². The van der Waals surface area contributed by atoms with Crippen LogP contribution in [0.5, 0.6) is 0 Å². The van der Waals surface area contributed by atoms with E-state index in [0.717, 1.165) is 38.5 Å². The quantitative estimate of drug-likeness (QED) is 0.0356. The fourth-order valence-corrected chi connectivity index (χ4v) is 8.31. The number of nitrogens with one attached hydrogen (secondary N) is 1. The lowest BCUT2D eigenvalue weighted by atomic mass is 10.0. The fourth-order valence-electron chi connectivity index (χ4n) is 7.55. The smallest absolute Gasteiger partial charge is 0.391 e. The molecule has 0 spiro atoms. The second-order valence-corrected chi connectivity index (χ2v) is 18.1. The van der Waals surface area contributed by atoms with Crippen LogP contribution in [-0.2, 0) is 18.4 Å². The van der Waals surface area contributed by atoms with Gasteiger partial charge >= 0.3 is 7.82 Å². The first-order chi connectivity index (χ1) is 26.9. The third kappa shape index (κ3) is 41.5. The minimum absolute atomic E-state index is 0.0927. The molecule has 0 saturated heterocycles. The molecule has 9 heteroatoms. The summed E-state index contributed by atoms with van der Waals surface area (Å²) in [5.41, 5.74) is 5.39. The van der Waals surface area contributed by atoms with E-state index in [2.05, 4.69) is 19.2 Å². The monoisotopic (exact) mass is 803 g/mol. The highest BCUT2D eigenvalue weighted by atomic mass is 31.2. The molecular weight excluding hydrogens is 707 g/mol. The summed E-state index contributed by atoms with van der Waals surface area (Å²) in [5.74, 6) is -0.155. The predicted molar refractivity (Wildman–Crippen MR) is 236 cm³/mol. The number of nitrogens with two attached hydrogens (primary N) is 1. The Hall–Kier alpha value is -0.500. The molecule has 0 fully saturated rings. The number of aliphatic hydroxyl groups excluding tert-OH is 1. The van der Waals surface area contributed by atoms with Gasteiger partial charge in [0.05, 0.1) is 25.4 Å². The highest BCUT2D eigenvalue weighted by Crippen LogP contribution is 2.43. The van der Waals surface area contributed by atoms with Gasteiger partial charge in [0.25, 0.3) is 0 Å². The molecule has 330 valence electrons. The van der Waals surface area contributed by atoms with Gasteiger partial charge in [0.2, 0.25) is 5.91 Å². The Bertz CT molecular complexity index is 834. The van der Waals surface area contributed by atoms with Gasteiger partial charge in [-0.15, -0.1) is 0 Å². The topological polar surface area (TPSA) is 131 Å². The molecule has 3 atom stereocenters. The standard InChI is InChI=1S/C46H95N2O6P/c1-3-5-7-9-11-13-15-17-19-20-21-22-23-24-26-28-30-32-34-36-38-40-46(50)48-44(43-54-55(51,52)53-42-41-47)45(49)39-37-35-33-31-29-27-25-18-16-14-12-10-8-6-4-2/h44-45,49H,3-43,47H2,1-2H3,(H,48,50)(H,51,52). The average molecular weight is 803 g/mol. The minimum Gasteiger partial charge on any atom is -0.391 e. The first-order valence-corrected chi connectivity index (χ1v) is 25.6. The van der Waals surface area contributed by atoms with Crippen LogP contribution in [0.25, 0.3) is 0 Å². The Kier molecular flexibility index (Phi) is 42.7. The molecule has 0 aliphatic heterocycles. The van der Waals surface area contributed by atoms with E-state index in [-0.39, 0.29) is 25.7 Å². The molecule has 3 unspecified atom stereocenters. The van der Waals surface area contributed by atoms with Crippen molar-refractivity contribution in [1.29, 1.82) is 0 Å². The number of carbonyl (C=O) groups is 1. The fraction of sp³-hybridized carbons (Fsp3) is 0.978. The number of carbonyl (C=O) groups excluding carboxylic acids is 1. The maximum Gasteiger partial charge on any atom is 0.472 e. The van der Waals surface area contributed by atoms with Crippen LogP contribution in [0.1, 0.15) is 258 Å². The molecule has 0 heterocycles. The molecule has 0 aromatic heterocycles. The normalized spacial score (nSPS) is 13.9. The molecule has 0 radical (unpaired) electrons. The highest BCUT2D eigenvalue weighted by Gasteiger charge is 2.27. The van der Waals surface area contributed by atoms with E-state index in [1.807, 2.05) is 0 Å². The van der Waals surface area contributed by atoms with Crippen molar-refractivity contribution in [2.24, 2.45) is 5.73 Å². The molecule has 55 heavy (non-hydrogen) atoms. The summed E-state index contributed by atoms with van der Waals surface area (Å²) in [6.07, 6.45) is 46.9. The molecule has 0 rings (SSSR count).